The molecule has 0 atom stereocenters. The molecular weight excluding hydrogens is 238 g/mol. The summed E-state index contributed by atoms with van der Waals surface area (Å²) in [6, 6.07) is 7.93. The number of para-hydroxylation sites is 2. The van der Waals surface area contributed by atoms with Crippen LogP contribution >= 0.6 is 0 Å². The van der Waals surface area contributed by atoms with Gasteiger partial charge >= 0.3 is 0 Å². The third kappa shape index (κ3) is 2.14. The third-order valence-electron chi connectivity index (χ3n) is 3.24. The predicted molar refractivity (Wildman–Crippen MR) is 74.8 cm³/mol. The highest BCUT2D eigenvalue weighted by Gasteiger charge is 2.08. The van der Waals surface area contributed by atoms with Crippen LogP contribution in [0.4, 0.5) is 5.82 Å². The van der Waals surface area contributed by atoms with Gasteiger partial charge in [-0.2, -0.15) is 0 Å². The van der Waals surface area contributed by atoms with Crippen LogP contribution in [0, 0.1) is 13.8 Å². The minimum atomic E-state index is 0.540. The first-order chi connectivity index (χ1) is 9.13. The monoisotopic (exact) mass is 253 g/mol. The maximum Gasteiger partial charge on any atom is 0.138 e. The van der Waals surface area contributed by atoms with Crippen LogP contribution in [0.2, 0.25) is 0 Å². The van der Waals surface area contributed by atoms with Crippen molar-refractivity contribution in [2.45, 2.75) is 20.3 Å². The molecule has 2 aromatic heterocycles. The number of hydrogen-bond acceptors (Lipinski definition) is 4. The van der Waals surface area contributed by atoms with Gasteiger partial charge in [-0.1, -0.05) is 12.1 Å². The smallest absolute Gasteiger partial charge is 0.138 e. The van der Waals surface area contributed by atoms with E-state index >= 15 is 0 Å². The average Bonchev–Trinajstić information content (AvgIpc) is 2.78. The van der Waals surface area contributed by atoms with Crippen molar-refractivity contribution in [3.05, 3.63) is 47.2 Å². The molecule has 3 rings (SSSR count). The van der Waals surface area contributed by atoms with E-state index < -0.39 is 0 Å². The van der Waals surface area contributed by atoms with E-state index in [1.54, 1.807) is 0 Å². The number of H-pyrrole nitrogens is 1. The van der Waals surface area contributed by atoms with E-state index in [1.165, 1.54) is 0 Å². The molecule has 0 saturated heterocycles. The average molecular weight is 253 g/mol. The van der Waals surface area contributed by atoms with E-state index in [9.17, 15) is 0 Å². The first-order valence-corrected chi connectivity index (χ1v) is 6.16. The molecule has 1 aromatic carbocycles. The van der Waals surface area contributed by atoms with Gasteiger partial charge in [0.1, 0.15) is 17.5 Å². The van der Waals surface area contributed by atoms with Crippen LogP contribution in [0.1, 0.15) is 22.9 Å². The Balaban J connectivity index is 1.96. The Morgan fingerprint density at radius 2 is 1.89 bits per heavy atom. The molecular formula is C14H15N5. The number of aromatic nitrogens is 4. The Bertz CT molecular complexity index is 688. The normalized spacial score (nSPS) is 11.1. The highest BCUT2D eigenvalue weighted by molar-refractivity contribution is 5.74. The first-order valence-electron chi connectivity index (χ1n) is 6.16. The molecule has 0 amide bonds. The molecule has 0 spiro atoms. The van der Waals surface area contributed by atoms with E-state index in [2.05, 4.69) is 19.9 Å². The predicted octanol–water partition coefficient (Wildman–Crippen LogP) is 2.14. The van der Waals surface area contributed by atoms with Gasteiger partial charge in [0.15, 0.2) is 0 Å². The Hall–Kier alpha value is -2.43. The van der Waals surface area contributed by atoms with Crippen LogP contribution in [0.5, 0.6) is 0 Å². The van der Waals surface area contributed by atoms with E-state index in [4.69, 9.17) is 5.73 Å². The maximum absolute atomic E-state index is 5.87. The second-order valence-corrected chi connectivity index (χ2v) is 4.61. The highest BCUT2D eigenvalue weighted by Crippen LogP contribution is 2.15. The molecule has 96 valence electrons. The molecule has 0 saturated carbocycles. The van der Waals surface area contributed by atoms with E-state index in [0.717, 1.165) is 28.1 Å². The minimum Gasteiger partial charge on any atom is -0.383 e. The second-order valence-electron chi connectivity index (χ2n) is 4.61. The van der Waals surface area contributed by atoms with E-state index in [-0.39, 0.29) is 0 Å². The van der Waals surface area contributed by atoms with Crippen molar-refractivity contribution in [2.75, 3.05) is 5.73 Å². The number of nitrogens with zero attached hydrogens (tertiary/aromatic N) is 3. The van der Waals surface area contributed by atoms with Crippen molar-refractivity contribution in [1.82, 2.24) is 19.9 Å². The number of imidazole rings is 1. The molecule has 0 fully saturated rings. The number of nitrogen functional groups attached to an aromatic ring is 1. The van der Waals surface area contributed by atoms with Crippen molar-refractivity contribution in [1.29, 1.82) is 0 Å². The standard InChI is InChI=1S/C14H15N5/c1-8-9(2)16-12(19-14(8)15)7-13-17-10-5-3-4-6-11(10)18-13/h3-6H,7H2,1-2H3,(H,17,18)(H2,15,16,19). The summed E-state index contributed by atoms with van der Waals surface area (Å²) in [6.45, 7) is 3.87. The fourth-order valence-corrected chi connectivity index (χ4v) is 2.03. The zero-order valence-electron chi connectivity index (χ0n) is 10.9. The summed E-state index contributed by atoms with van der Waals surface area (Å²) in [5.41, 5.74) is 9.70. The van der Waals surface area contributed by atoms with Gasteiger partial charge in [0, 0.05) is 11.3 Å². The zero-order valence-corrected chi connectivity index (χ0v) is 10.9. The molecule has 3 aromatic rings. The minimum absolute atomic E-state index is 0.540. The van der Waals surface area contributed by atoms with Gasteiger partial charge in [-0.05, 0) is 26.0 Å². The molecule has 0 unspecified atom stereocenters. The van der Waals surface area contributed by atoms with Crippen molar-refractivity contribution in [3.8, 4) is 0 Å². The summed E-state index contributed by atoms with van der Waals surface area (Å²) >= 11 is 0. The molecule has 2 heterocycles. The number of aryl methyl sites for hydroxylation is 1. The lowest BCUT2D eigenvalue weighted by Crippen LogP contribution is -2.06. The molecule has 5 nitrogen and oxygen atoms in total. The van der Waals surface area contributed by atoms with Crippen LogP contribution in [-0.2, 0) is 6.42 Å². The number of fused-ring (bicyclic) bond motifs is 1. The molecule has 0 aliphatic carbocycles. The zero-order chi connectivity index (χ0) is 13.4. The van der Waals surface area contributed by atoms with Gasteiger partial charge in [-0.15, -0.1) is 0 Å². The van der Waals surface area contributed by atoms with Crippen molar-refractivity contribution in [3.63, 3.8) is 0 Å². The van der Waals surface area contributed by atoms with Crippen LogP contribution in [-0.4, -0.2) is 19.9 Å². The largest absolute Gasteiger partial charge is 0.383 e. The molecule has 0 radical (unpaired) electrons. The van der Waals surface area contributed by atoms with Crippen molar-refractivity contribution in [2.24, 2.45) is 0 Å². The molecule has 0 bridgehead atoms. The summed E-state index contributed by atoms with van der Waals surface area (Å²) in [6.07, 6.45) is 0.556. The fraction of sp³-hybridized carbons (Fsp3) is 0.214. The van der Waals surface area contributed by atoms with Gasteiger partial charge < -0.3 is 10.7 Å². The maximum atomic E-state index is 5.87. The fourth-order valence-electron chi connectivity index (χ4n) is 2.03. The van der Waals surface area contributed by atoms with Gasteiger partial charge in [-0.3, -0.25) is 0 Å². The number of benzene rings is 1. The summed E-state index contributed by atoms with van der Waals surface area (Å²) < 4.78 is 0. The summed E-state index contributed by atoms with van der Waals surface area (Å²) in [5, 5.41) is 0. The van der Waals surface area contributed by atoms with Crippen LogP contribution in [0.25, 0.3) is 11.0 Å². The number of nitrogens with one attached hydrogen (secondary N) is 1. The lowest BCUT2D eigenvalue weighted by atomic mass is 10.2. The summed E-state index contributed by atoms with van der Waals surface area (Å²) in [7, 11) is 0. The van der Waals surface area contributed by atoms with Crippen LogP contribution in [0.15, 0.2) is 24.3 Å². The molecule has 0 aliphatic rings. The SMILES string of the molecule is Cc1nc(Cc2nc3ccccc3[nH]2)nc(N)c1C. The van der Waals surface area contributed by atoms with Gasteiger partial charge in [0.25, 0.3) is 0 Å². The molecule has 19 heavy (non-hydrogen) atoms. The number of nitrogens with two attached hydrogens (primary N) is 1. The Labute approximate surface area is 110 Å². The topological polar surface area (TPSA) is 80.5 Å². The molecule has 5 heteroatoms. The van der Waals surface area contributed by atoms with Gasteiger partial charge in [-0.25, -0.2) is 15.0 Å². The summed E-state index contributed by atoms with van der Waals surface area (Å²) in [4.78, 5) is 16.5. The quantitative estimate of drug-likeness (QED) is 0.733. The van der Waals surface area contributed by atoms with Crippen molar-refractivity contribution < 1.29 is 0 Å². The van der Waals surface area contributed by atoms with Gasteiger partial charge in [0.2, 0.25) is 0 Å². The first kappa shape index (κ1) is 11.6. The Morgan fingerprint density at radius 3 is 2.63 bits per heavy atom. The van der Waals surface area contributed by atoms with Crippen molar-refractivity contribution >= 4 is 16.9 Å². The van der Waals surface area contributed by atoms with Crippen LogP contribution in [0.3, 0.4) is 0 Å². The molecule has 0 aliphatic heterocycles. The van der Waals surface area contributed by atoms with E-state index in [0.29, 0.717) is 18.1 Å². The highest BCUT2D eigenvalue weighted by atomic mass is 15.0. The number of hydrogen-bond donors (Lipinski definition) is 2. The van der Waals surface area contributed by atoms with E-state index in [1.807, 2.05) is 38.1 Å². The summed E-state index contributed by atoms with van der Waals surface area (Å²) in [5.74, 6) is 2.09. The number of anilines is 1. The lowest BCUT2D eigenvalue weighted by molar-refractivity contribution is 0.896. The lowest BCUT2D eigenvalue weighted by Gasteiger charge is -2.05. The Kier molecular flexibility index (Phi) is 2.67. The Morgan fingerprint density at radius 1 is 1.11 bits per heavy atom. The third-order valence-corrected chi connectivity index (χ3v) is 3.24. The number of aromatic amines is 1. The van der Waals surface area contributed by atoms with Crippen LogP contribution < -0.4 is 5.73 Å². The molecule has 3 N–H and O–H groups in total. The second kappa shape index (κ2) is 4.35. The van der Waals surface area contributed by atoms with Gasteiger partial charge in [0.05, 0.1) is 17.5 Å². The number of rotatable bonds is 2.